The number of nitrogens with one attached hydrogen (secondary N) is 1. The zero-order chi connectivity index (χ0) is 14.5. The third-order valence-electron chi connectivity index (χ3n) is 2.94. The van der Waals surface area contributed by atoms with Crippen LogP contribution in [0.25, 0.3) is 0 Å². The molecule has 0 saturated carbocycles. The molecule has 0 aliphatic rings. The predicted octanol–water partition coefficient (Wildman–Crippen LogP) is 4.03. The average molecular weight is 310 g/mol. The molecule has 0 aliphatic carbocycles. The van der Waals surface area contributed by atoms with Gasteiger partial charge in [0.25, 0.3) is 0 Å². The number of hydrogen-bond donors (Lipinski definition) is 1. The van der Waals surface area contributed by atoms with Gasteiger partial charge in [0.1, 0.15) is 0 Å². The highest BCUT2D eigenvalue weighted by molar-refractivity contribution is 7.99. The van der Waals surface area contributed by atoms with Crippen LogP contribution < -0.4 is 5.32 Å². The van der Waals surface area contributed by atoms with Gasteiger partial charge in [0.2, 0.25) is 0 Å². The Morgan fingerprint density at radius 3 is 2.80 bits per heavy atom. The smallest absolute Gasteiger partial charge is 0.0987 e. The lowest BCUT2D eigenvalue weighted by Crippen LogP contribution is -2.14. The quantitative estimate of drug-likeness (QED) is 0.817. The van der Waals surface area contributed by atoms with E-state index >= 15 is 0 Å². The Balaban J connectivity index is 2.19. The highest BCUT2D eigenvalue weighted by Crippen LogP contribution is 2.32. The molecule has 0 radical (unpaired) electrons. The van der Waals surface area contributed by atoms with Crippen LogP contribution in [0.2, 0.25) is 5.02 Å². The van der Waals surface area contributed by atoms with E-state index in [1.807, 2.05) is 30.8 Å². The molecular weight excluding hydrogens is 290 g/mol. The lowest BCUT2D eigenvalue weighted by Gasteiger charge is -2.10. The van der Waals surface area contributed by atoms with Crippen molar-refractivity contribution in [3.8, 4) is 0 Å². The third-order valence-corrected chi connectivity index (χ3v) is 4.38. The van der Waals surface area contributed by atoms with Gasteiger partial charge in [-0.3, -0.25) is 4.68 Å². The van der Waals surface area contributed by atoms with Crippen molar-refractivity contribution in [3.05, 3.63) is 40.5 Å². The third kappa shape index (κ3) is 4.01. The maximum absolute atomic E-state index is 6.11. The maximum Gasteiger partial charge on any atom is 0.0987 e. The van der Waals surface area contributed by atoms with Crippen LogP contribution in [0.5, 0.6) is 0 Å². The Morgan fingerprint density at radius 2 is 2.15 bits per heavy atom. The molecular formula is C15H20ClN3S. The van der Waals surface area contributed by atoms with E-state index in [4.69, 9.17) is 11.6 Å². The van der Waals surface area contributed by atoms with Gasteiger partial charge in [-0.25, -0.2) is 0 Å². The van der Waals surface area contributed by atoms with Crippen molar-refractivity contribution in [1.29, 1.82) is 0 Å². The SMILES string of the molecule is CCCNCc1cc(Cl)ccc1Sc1cc(C)nn1C. The van der Waals surface area contributed by atoms with Crippen LogP contribution in [0.1, 0.15) is 24.6 Å². The Hall–Kier alpha value is -0.970. The Morgan fingerprint density at radius 1 is 1.35 bits per heavy atom. The van der Waals surface area contributed by atoms with Crippen LogP contribution in [0.15, 0.2) is 34.2 Å². The van der Waals surface area contributed by atoms with Crippen molar-refractivity contribution in [2.24, 2.45) is 7.05 Å². The van der Waals surface area contributed by atoms with Crippen molar-refractivity contribution >= 4 is 23.4 Å². The minimum Gasteiger partial charge on any atom is -0.313 e. The molecule has 0 atom stereocenters. The fraction of sp³-hybridized carbons (Fsp3) is 0.400. The molecule has 0 bridgehead atoms. The Kier molecular flexibility index (Phi) is 5.52. The highest BCUT2D eigenvalue weighted by atomic mass is 35.5. The molecule has 0 saturated heterocycles. The van der Waals surface area contributed by atoms with E-state index in [2.05, 4.69) is 29.5 Å². The summed E-state index contributed by atoms with van der Waals surface area (Å²) in [5, 5.41) is 9.74. The van der Waals surface area contributed by atoms with Gasteiger partial charge in [-0.2, -0.15) is 5.10 Å². The number of benzene rings is 1. The van der Waals surface area contributed by atoms with Crippen molar-refractivity contribution in [2.45, 2.75) is 36.7 Å². The molecule has 108 valence electrons. The van der Waals surface area contributed by atoms with E-state index in [0.29, 0.717) is 0 Å². The Labute approximate surface area is 129 Å². The summed E-state index contributed by atoms with van der Waals surface area (Å²) in [6.45, 7) is 6.03. The molecule has 3 nitrogen and oxygen atoms in total. The molecule has 2 rings (SSSR count). The van der Waals surface area contributed by atoms with Crippen LogP contribution in [-0.4, -0.2) is 16.3 Å². The fourth-order valence-electron chi connectivity index (χ4n) is 1.98. The van der Waals surface area contributed by atoms with Gasteiger partial charge < -0.3 is 5.32 Å². The standard InChI is InChI=1S/C15H20ClN3S/c1-4-7-17-10-12-9-13(16)5-6-14(12)20-15-8-11(2)18-19(15)3/h5-6,8-9,17H,4,7,10H2,1-3H3. The molecule has 1 heterocycles. The zero-order valence-electron chi connectivity index (χ0n) is 12.1. The van der Waals surface area contributed by atoms with Crippen molar-refractivity contribution in [3.63, 3.8) is 0 Å². The first-order chi connectivity index (χ1) is 9.60. The largest absolute Gasteiger partial charge is 0.313 e. The van der Waals surface area contributed by atoms with E-state index in [1.54, 1.807) is 11.8 Å². The highest BCUT2D eigenvalue weighted by Gasteiger charge is 2.09. The van der Waals surface area contributed by atoms with Crippen molar-refractivity contribution in [1.82, 2.24) is 15.1 Å². The van der Waals surface area contributed by atoms with Gasteiger partial charge in [-0.15, -0.1) is 0 Å². The minimum absolute atomic E-state index is 0.781. The van der Waals surface area contributed by atoms with E-state index < -0.39 is 0 Å². The summed E-state index contributed by atoms with van der Waals surface area (Å²) in [6, 6.07) is 8.16. The van der Waals surface area contributed by atoms with E-state index in [0.717, 1.165) is 35.3 Å². The van der Waals surface area contributed by atoms with Crippen molar-refractivity contribution < 1.29 is 0 Å². The summed E-state index contributed by atoms with van der Waals surface area (Å²) < 4.78 is 1.91. The van der Waals surface area contributed by atoms with Crippen LogP contribution in [-0.2, 0) is 13.6 Å². The first kappa shape index (κ1) is 15.4. The lowest BCUT2D eigenvalue weighted by atomic mass is 10.2. The van der Waals surface area contributed by atoms with E-state index in [9.17, 15) is 0 Å². The number of rotatable bonds is 6. The molecule has 1 N–H and O–H groups in total. The molecule has 5 heteroatoms. The molecule has 0 spiro atoms. The number of aromatic nitrogens is 2. The van der Waals surface area contributed by atoms with Crippen LogP contribution in [0, 0.1) is 6.92 Å². The second kappa shape index (κ2) is 7.16. The minimum atomic E-state index is 0.781. The number of hydrogen-bond acceptors (Lipinski definition) is 3. The van der Waals surface area contributed by atoms with Gasteiger partial charge in [0, 0.05) is 23.5 Å². The van der Waals surface area contributed by atoms with E-state index in [1.165, 1.54) is 10.5 Å². The maximum atomic E-state index is 6.11. The number of aryl methyl sites for hydroxylation is 2. The van der Waals surface area contributed by atoms with Crippen LogP contribution in [0.3, 0.4) is 0 Å². The summed E-state index contributed by atoms with van der Waals surface area (Å²) in [6.07, 6.45) is 1.13. The summed E-state index contributed by atoms with van der Waals surface area (Å²) in [5.74, 6) is 0. The Bertz CT molecular complexity index is 580. The second-order valence-electron chi connectivity index (χ2n) is 4.78. The summed E-state index contributed by atoms with van der Waals surface area (Å²) in [5.41, 5.74) is 2.27. The monoisotopic (exact) mass is 309 g/mol. The summed E-state index contributed by atoms with van der Waals surface area (Å²) in [4.78, 5) is 1.22. The van der Waals surface area contributed by atoms with Gasteiger partial charge >= 0.3 is 0 Å². The van der Waals surface area contributed by atoms with Gasteiger partial charge in [0.15, 0.2) is 0 Å². The summed E-state index contributed by atoms with van der Waals surface area (Å²) >= 11 is 7.84. The molecule has 1 aromatic heterocycles. The zero-order valence-corrected chi connectivity index (χ0v) is 13.7. The molecule has 2 aromatic rings. The van der Waals surface area contributed by atoms with E-state index in [-0.39, 0.29) is 0 Å². The lowest BCUT2D eigenvalue weighted by molar-refractivity contribution is 0.668. The van der Waals surface area contributed by atoms with Gasteiger partial charge in [-0.1, -0.05) is 30.3 Å². The summed E-state index contributed by atoms with van der Waals surface area (Å²) in [7, 11) is 1.97. The molecule has 0 amide bonds. The topological polar surface area (TPSA) is 29.9 Å². The molecule has 0 fully saturated rings. The van der Waals surface area contributed by atoms with Crippen molar-refractivity contribution in [2.75, 3.05) is 6.54 Å². The molecule has 0 unspecified atom stereocenters. The van der Waals surface area contributed by atoms with Crippen LogP contribution >= 0.6 is 23.4 Å². The predicted molar refractivity (Wildman–Crippen MR) is 85.5 cm³/mol. The second-order valence-corrected chi connectivity index (χ2v) is 6.28. The average Bonchev–Trinajstić information content (AvgIpc) is 2.71. The normalized spacial score (nSPS) is 11.0. The molecule has 0 aliphatic heterocycles. The van der Waals surface area contributed by atoms with Crippen LogP contribution in [0.4, 0.5) is 0 Å². The van der Waals surface area contributed by atoms with Gasteiger partial charge in [-0.05, 0) is 49.7 Å². The molecule has 1 aromatic carbocycles. The van der Waals surface area contributed by atoms with Gasteiger partial charge in [0.05, 0.1) is 10.7 Å². The number of nitrogens with zero attached hydrogens (tertiary/aromatic N) is 2. The number of halogens is 1. The first-order valence-corrected chi connectivity index (χ1v) is 7.97. The first-order valence-electron chi connectivity index (χ1n) is 6.77. The molecule has 20 heavy (non-hydrogen) atoms. The fourth-order valence-corrected chi connectivity index (χ4v) is 3.20.